The molecule has 0 unspecified atom stereocenters. The van der Waals surface area contributed by atoms with Gasteiger partial charge in [0.2, 0.25) is 11.9 Å². The topological polar surface area (TPSA) is 107 Å². The van der Waals surface area contributed by atoms with Gasteiger partial charge in [-0.15, -0.1) is 10.2 Å². The second kappa shape index (κ2) is 9.73. The summed E-state index contributed by atoms with van der Waals surface area (Å²) < 4.78 is 15.2. The van der Waals surface area contributed by atoms with Crippen molar-refractivity contribution in [1.82, 2.24) is 29.7 Å². The van der Waals surface area contributed by atoms with E-state index in [-0.39, 0.29) is 11.8 Å². The lowest BCUT2D eigenvalue weighted by molar-refractivity contribution is 0.626. The molecule has 4 aromatic rings. The van der Waals surface area contributed by atoms with Crippen molar-refractivity contribution in [3.63, 3.8) is 0 Å². The van der Waals surface area contributed by atoms with Crippen LogP contribution < -0.4 is 11.1 Å². The first-order valence-electron chi connectivity index (χ1n) is 10.2. The Hall–Kier alpha value is -3.53. The van der Waals surface area contributed by atoms with Crippen LogP contribution in [0.4, 0.5) is 22.0 Å². The van der Waals surface area contributed by atoms with Crippen molar-refractivity contribution < 1.29 is 4.39 Å². The highest BCUT2D eigenvalue weighted by molar-refractivity contribution is 7.98. The lowest BCUT2D eigenvalue weighted by Crippen LogP contribution is -2.07. The second-order valence-electron chi connectivity index (χ2n) is 7.18. The lowest BCUT2D eigenvalue weighted by Gasteiger charge is -2.10. The SMILES string of the molecule is CCCn1c(SCc2nc(N)nc(Nc3ccc(F)cc3)n2)nnc1-c1cccc(C)c1. The van der Waals surface area contributed by atoms with Crippen molar-refractivity contribution in [2.45, 2.75) is 37.7 Å². The predicted octanol–water partition coefficient (Wildman–Crippen LogP) is 4.61. The van der Waals surface area contributed by atoms with Crippen LogP contribution in [0.15, 0.2) is 53.7 Å². The van der Waals surface area contributed by atoms with Gasteiger partial charge in [-0.2, -0.15) is 15.0 Å². The first-order chi connectivity index (χ1) is 15.5. The quantitative estimate of drug-likeness (QED) is 0.375. The molecule has 0 saturated heterocycles. The molecule has 0 aliphatic carbocycles. The van der Waals surface area contributed by atoms with Crippen LogP contribution in [0.2, 0.25) is 0 Å². The first kappa shape index (κ1) is 21.7. The number of anilines is 3. The highest BCUT2D eigenvalue weighted by atomic mass is 32.2. The number of nitrogens with two attached hydrogens (primary N) is 1. The Bertz CT molecular complexity index is 1210. The Kier molecular flexibility index (Phi) is 6.60. The van der Waals surface area contributed by atoms with Crippen LogP contribution in [0.5, 0.6) is 0 Å². The third kappa shape index (κ3) is 5.20. The highest BCUT2D eigenvalue weighted by Gasteiger charge is 2.15. The number of rotatable bonds is 8. The second-order valence-corrected chi connectivity index (χ2v) is 8.12. The average Bonchev–Trinajstić information content (AvgIpc) is 3.16. The molecule has 10 heteroatoms. The van der Waals surface area contributed by atoms with Gasteiger partial charge in [0.15, 0.2) is 11.0 Å². The maximum atomic E-state index is 13.1. The van der Waals surface area contributed by atoms with E-state index < -0.39 is 0 Å². The van der Waals surface area contributed by atoms with Crippen molar-refractivity contribution in [3.05, 3.63) is 65.7 Å². The zero-order valence-electron chi connectivity index (χ0n) is 17.8. The molecule has 0 atom stereocenters. The molecule has 0 aliphatic heterocycles. The fourth-order valence-electron chi connectivity index (χ4n) is 3.17. The van der Waals surface area contributed by atoms with Gasteiger partial charge in [0, 0.05) is 17.8 Å². The van der Waals surface area contributed by atoms with Crippen molar-refractivity contribution in [2.75, 3.05) is 11.1 Å². The van der Waals surface area contributed by atoms with Crippen LogP contribution in [0.3, 0.4) is 0 Å². The lowest BCUT2D eigenvalue weighted by atomic mass is 10.1. The molecule has 3 N–H and O–H groups in total. The first-order valence-corrected chi connectivity index (χ1v) is 11.2. The smallest absolute Gasteiger partial charge is 0.232 e. The fourth-order valence-corrected chi connectivity index (χ4v) is 3.99. The maximum Gasteiger partial charge on any atom is 0.232 e. The Labute approximate surface area is 189 Å². The molecular formula is C22H23FN8S. The summed E-state index contributed by atoms with van der Waals surface area (Å²) in [5.41, 5.74) is 8.73. The van der Waals surface area contributed by atoms with Crippen LogP contribution in [-0.2, 0) is 12.3 Å². The van der Waals surface area contributed by atoms with E-state index >= 15 is 0 Å². The molecule has 32 heavy (non-hydrogen) atoms. The number of aryl methyl sites for hydroxylation is 1. The van der Waals surface area contributed by atoms with E-state index in [2.05, 4.69) is 61.0 Å². The molecule has 2 aromatic heterocycles. The molecule has 0 aliphatic rings. The normalized spacial score (nSPS) is 11.0. The molecule has 2 heterocycles. The van der Waals surface area contributed by atoms with Crippen LogP contribution in [-0.4, -0.2) is 29.7 Å². The number of nitrogens with zero attached hydrogens (tertiary/aromatic N) is 6. The molecule has 0 radical (unpaired) electrons. The molecule has 0 amide bonds. The van der Waals surface area contributed by atoms with Crippen molar-refractivity contribution in [3.8, 4) is 11.4 Å². The summed E-state index contributed by atoms with van der Waals surface area (Å²) in [5, 5.41) is 12.6. The largest absolute Gasteiger partial charge is 0.368 e. The van der Waals surface area contributed by atoms with E-state index in [1.807, 2.05) is 12.1 Å². The molecule has 0 spiro atoms. The molecule has 8 nitrogen and oxygen atoms in total. The van der Waals surface area contributed by atoms with E-state index in [9.17, 15) is 4.39 Å². The van der Waals surface area contributed by atoms with Crippen LogP contribution >= 0.6 is 11.8 Å². The third-order valence-corrected chi connectivity index (χ3v) is 5.53. The number of aromatic nitrogens is 6. The van der Waals surface area contributed by atoms with E-state index in [0.717, 1.165) is 29.5 Å². The monoisotopic (exact) mass is 450 g/mol. The molecule has 0 saturated carbocycles. The van der Waals surface area contributed by atoms with Gasteiger partial charge in [0.1, 0.15) is 11.6 Å². The van der Waals surface area contributed by atoms with Gasteiger partial charge in [0.05, 0.1) is 5.75 Å². The van der Waals surface area contributed by atoms with Crippen LogP contribution in [0.25, 0.3) is 11.4 Å². The standard InChI is InChI=1S/C22H23FN8S/c1-3-11-31-19(15-6-4-5-14(2)12-15)29-30-22(31)32-13-18-26-20(24)28-21(27-18)25-17-9-7-16(23)8-10-17/h4-10,12H,3,11,13H2,1-2H3,(H3,24,25,26,27,28). The predicted molar refractivity (Wildman–Crippen MR) is 124 cm³/mol. The molecule has 164 valence electrons. The maximum absolute atomic E-state index is 13.1. The summed E-state index contributed by atoms with van der Waals surface area (Å²) in [6.45, 7) is 4.98. The van der Waals surface area contributed by atoms with E-state index in [0.29, 0.717) is 23.2 Å². The third-order valence-electron chi connectivity index (χ3n) is 4.57. The summed E-state index contributed by atoms with van der Waals surface area (Å²) in [6.07, 6.45) is 0.953. The minimum absolute atomic E-state index is 0.107. The molecule has 0 fully saturated rings. The Morgan fingerprint density at radius 1 is 1.06 bits per heavy atom. The Morgan fingerprint density at radius 3 is 2.62 bits per heavy atom. The van der Waals surface area contributed by atoms with Gasteiger partial charge in [-0.3, -0.25) is 0 Å². The van der Waals surface area contributed by atoms with E-state index in [1.54, 1.807) is 12.1 Å². The summed E-state index contributed by atoms with van der Waals surface area (Å²) >= 11 is 1.49. The number of hydrogen-bond donors (Lipinski definition) is 2. The number of nitrogens with one attached hydrogen (secondary N) is 1. The number of thioether (sulfide) groups is 1. The number of nitrogen functional groups attached to an aromatic ring is 1. The fraction of sp³-hybridized carbons (Fsp3) is 0.227. The minimum atomic E-state index is -0.316. The average molecular weight is 451 g/mol. The number of benzene rings is 2. The Balaban J connectivity index is 1.53. The van der Waals surface area contributed by atoms with Crippen LogP contribution in [0.1, 0.15) is 24.7 Å². The van der Waals surface area contributed by atoms with Gasteiger partial charge >= 0.3 is 0 Å². The van der Waals surface area contributed by atoms with Crippen molar-refractivity contribution in [2.24, 2.45) is 0 Å². The van der Waals surface area contributed by atoms with Gasteiger partial charge in [-0.05, 0) is 43.7 Å². The summed E-state index contributed by atoms with van der Waals surface area (Å²) in [5.74, 6) is 1.89. The summed E-state index contributed by atoms with van der Waals surface area (Å²) in [6, 6.07) is 14.1. The minimum Gasteiger partial charge on any atom is -0.368 e. The van der Waals surface area contributed by atoms with Gasteiger partial charge < -0.3 is 15.6 Å². The van der Waals surface area contributed by atoms with Gasteiger partial charge in [-0.1, -0.05) is 42.4 Å². The van der Waals surface area contributed by atoms with Crippen molar-refractivity contribution in [1.29, 1.82) is 0 Å². The zero-order valence-corrected chi connectivity index (χ0v) is 18.6. The van der Waals surface area contributed by atoms with E-state index in [4.69, 9.17) is 5.73 Å². The number of halogens is 1. The molecular weight excluding hydrogens is 427 g/mol. The Morgan fingerprint density at radius 2 is 1.88 bits per heavy atom. The van der Waals surface area contributed by atoms with Crippen molar-refractivity contribution >= 4 is 29.3 Å². The number of hydrogen-bond acceptors (Lipinski definition) is 8. The molecule has 4 rings (SSSR count). The summed E-state index contributed by atoms with van der Waals surface area (Å²) in [4.78, 5) is 12.8. The summed E-state index contributed by atoms with van der Waals surface area (Å²) in [7, 11) is 0. The zero-order chi connectivity index (χ0) is 22.5. The van der Waals surface area contributed by atoms with Gasteiger partial charge in [0.25, 0.3) is 0 Å². The van der Waals surface area contributed by atoms with Gasteiger partial charge in [-0.25, -0.2) is 4.39 Å². The molecule has 0 bridgehead atoms. The van der Waals surface area contributed by atoms with E-state index in [1.165, 1.54) is 29.5 Å². The highest BCUT2D eigenvalue weighted by Crippen LogP contribution is 2.27. The van der Waals surface area contributed by atoms with Crippen LogP contribution in [0, 0.1) is 12.7 Å². The molecule has 2 aromatic carbocycles.